The van der Waals surface area contributed by atoms with E-state index in [0.29, 0.717) is 12.0 Å². The Morgan fingerprint density at radius 2 is 1.73 bits per heavy atom. The van der Waals surface area contributed by atoms with E-state index < -0.39 is 5.54 Å². The minimum atomic E-state index is -0.479. The summed E-state index contributed by atoms with van der Waals surface area (Å²) in [4.78, 5) is 7.95. The van der Waals surface area contributed by atoms with Crippen LogP contribution in [0.3, 0.4) is 0 Å². The Bertz CT molecular complexity index is 918. The molecule has 0 saturated heterocycles. The molecule has 0 atom stereocenters. The van der Waals surface area contributed by atoms with Crippen molar-refractivity contribution in [1.82, 2.24) is 9.97 Å². The van der Waals surface area contributed by atoms with E-state index >= 15 is 0 Å². The molecule has 30 heavy (non-hydrogen) atoms. The van der Waals surface area contributed by atoms with Crippen molar-refractivity contribution in [2.45, 2.75) is 68.9 Å². The summed E-state index contributed by atoms with van der Waals surface area (Å²) >= 11 is 0. The molecule has 0 aliphatic heterocycles. The molecule has 1 heterocycles. The second-order valence-corrected chi connectivity index (χ2v) is 8.44. The number of methoxy groups -OCH3 is 1. The zero-order valence-electron chi connectivity index (χ0n) is 17.6. The molecule has 4 rings (SSSR count). The van der Waals surface area contributed by atoms with Gasteiger partial charge in [0.15, 0.2) is 11.5 Å². The lowest BCUT2D eigenvalue weighted by atomic mass is 9.75. The summed E-state index contributed by atoms with van der Waals surface area (Å²) in [5, 5.41) is 0. The van der Waals surface area contributed by atoms with E-state index in [4.69, 9.17) is 20.9 Å². The molecule has 2 aliphatic rings. The molecular formula is C24H30N4O2. The van der Waals surface area contributed by atoms with E-state index in [9.17, 15) is 0 Å². The monoisotopic (exact) mass is 406 g/mol. The maximum Gasteiger partial charge on any atom is 0.219 e. The van der Waals surface area contributed by atoms with Gasteiger partial charge in [-0.15, -0.1) is 0 Å². The van der Waals surface area contributed by atoms with Gasteiger partial charge in [0, 0.05) is 12.4 Å². The molecule has 0 amide bonds. The zero-order chi connectivity index (χ0) is 21.0. The van der Waals surface area contributed by atoms with Crippen LogP contribution in [-0.2, 0) is 0 Å². The molecule has 0 radical (unpaired) electrons. The van der Waals surface area contributed by atoms with Crippen LogP contribution < -0.4 is 20.9 Å². The molecule has 4 N–H and O–H groups in total. The van der Waals surface area contributed by atoms with Crippen LogP contribution in [0.2, 0.25) is 0 Å². The Labute approximate surface area is 178 Å². The van der Waals surface area contributed by atoms with Crippen LogP contribution in [0.15, 0.2) is 30.6 Å². The number of ether oxygens (including phenoxy) is 2. The van der Waals surface area contributed by atoms with E-state index in [0.717, 1.165) is 55.6 Å². The van der Waals surface area contributed by atoms with Gasteiger partial charge in [-0.3, -0.25) is 0 Å². The number of hydrogen-bond acceptors (Lipinski definition) is 6. The van der Waals surface area contributed by atoms with Crippen LogP contribution >= 0.6 is 0 Å². The first kappa shape index (κ1) is 20.5. The minimum absolute atomic E-state index is 0.249. The third-order valence-electron chi connectivity index (χ3n) is 6.26. The van der Waals surface area contributed by atoms with Crippen molar-refractivity contribution in [1.29, 1.82) is 0 Å². The lowest BCUT2D eigenvalue weighted by Gasteiger charge is -2.33. The summed E-state index contributed by atoms with van der Waals surface area (Å²) in [6.45, 7) is 0. The van der Waals surface area contributed by atoms with E-state index in [2.05, 4.69) is 33.9 Å². The van der Waals surface area contributed by atoms with Gasteiger partial charge in [-0.25, -0.2) is 9.97 Å². The highest BCUT2D eigenvalue weighted by Crippen LogP contribution is 2.40. The van der Waals surface area contributed by atoms with Crippen molar-refractivity contribution in [3.8, 4) is 23.3 Å². The van der Waals surface area contributed by atoms with Crippen molar-refractivity contribution in [3.63, 3.8) is 0 Å². The first-order valence-corrected chi connectivity index (χ1v) is 10.8. The maximum absolute atomic E-state index is 6.58. The third kappa shape index (κ3) is 4.85. The Morgan fingerprint density at radius 3 is 2.40 bits per heavy atom. The SMILES string of the molecule is COc1ccc(C2CCC(N)(C#Cc3cnc(N)nc3)CC2)cc1OC1CCCC1. The van der Waals surface area contributed by atoms with Crippen molar-refractivity contribution in [3.05, 3.63) is 41.7 Å². The number of nitrogen functional groups attached to an aromatic ring is 1. The van der Waals surface area contributed by atoms with Crippen LogP contribution in [0.4, 0.5) is 5.95 Å². The average molecular weight is 407 g/mol. The van der Waals surface area contributed by atoms with Crippen LogP contribution in [0, 0.1) is 11.8 Å². The van der Waals surface area contributed by atoms with Crippen LogP contribution in [-0.4, -0.2) is 28.7 Å². The molecule has 6 nitrogen and oxygen atoms in total. The molecule has 1 aromatic carbocycles. The zero-order valence-corrected chi connectivity index (χ0v) is 17.6. The first-order valence-electron chi connectivity index (χ1n) is 10.8. The molecule has 0 bridgehead atoms. The van der Waals surface area contributed by atoms with Crippen molar-refractivity contribution >= 4 is 5.95 Å². The number of nitrogens with zero attached hydrogens (tertiary/aromatic N) is 2. The standard InChI is InChI=1S/C24H30N4O2/c1-29-21-7-6-19(14-22(21)30-20-4-2-3-5-20)18-9-12-24(26,13-10-18)11-8-17-15-27-23(25)28-16-17/h6-7,14-16,18,20H,2-5,9-10,12-13,26H2,1H3,(H2,25,27,28). The van der Waals surface area contributed by atoms with Gasteiger partial charge in [0.2, 0.25) is 5.95 Å². The average Bonchev–Trinajstić information content (AvgIpc) is 3.27. The van der Waals surface area contributed by atoms with Crippen molar-refractivity contribution < 1.29 is 9.47 Å². The fraction of sp³-hybridized carbons (Fsp3) is 0.500. The Hall–Kier alpha value is -2.78. The van der Waals surface area contributed by atoms with Gasteiger partial charge in [-0.1, -0.05) is 17.9 Å². The number of anilines is 1. The second kappa shape index (κ2) is 8.93. The van der Waals surface area contributed by atoms with Gasteiger partial charge in [0.1, 0.15) is 0 Å². The molecule has 2 saturated carbocycles. The number of benzene rings is 1. The van der Waals surface area contributed by atoms with Crippen molar-refractivity contribution in [2.75, 3.05) is 12.8 Å². The smallest absolute Gasteiger partial charge is 0.219 e. The summed E-state index contributed by atoms with van der Waals surface area (Å²) in [5.74, 6) is 8.74. The molecule has 0 spiro atoms. The van der Waals surface area contributed by atoms with E-state index in [1.807, 2.05) is 6.07 Å². The number of aromatic nitrogens is 2. The molecule has 2 aliphatic carbocycles. The fourth-order valence-corrected chi connectivity index (χ4v) is 4.42. The van der Waals surface area contributed by atoms with Gasteiger partial charge in [0.05, 0.1) is 24.3 Å². The topological polar surface area (TPSA) is 96.3 Å². The van der Waals surface area contributed by atoms with E-state index in [-0.39, 0.29) is 5.95 Å². The molecule has 158 valence electrons. The molecular weight excluding hydrogens is 376 g/mol. The summed E-state index contributed by atoms with van der Waals surface area (Å²) < 4.78 is 11.8. The van der Waals surface area contributed by atoms with Crippen LogP contribution in [0.1, 0.15) is 68.4 Å². The normalized spacial score (nSPS) is 24.1. The lowest BCUT2D eigenvalue weighted by molar-refractivity contribution is 0.200. The van der Waals surface area contributed by atoms with Gasteiger partial charge >= 0.3 is 0 Å². The molecule has 2 aromatic rings. The number of nitrogens with two attached hydrogens (primary N) is 2. The van der Waals surface area contributed by atoms with Crippen LogP contribution in [0.5, 0.6) is 11.5 Å². The fourth-order valence-electron chi connectivity index (χ4n) is 4.42. The predicted molar refractivity (Wildman–Crippen MR) is 117 cm³/mol. The Morgan fingerprint density at radius 1 is 1.03 bits per heavy atom. The summed E-state index contributed by atoms with van der Waals surface area (Å²) in [6.07, 6.45) is 12.0. The molecule has 0 unspecified atom stereocenters. The Kier molecular flexibility index (Phi) is 6.10. The first-order chi connectivity index (χ1) is 14.5. The lowest BCUT2D eigenvalue weighted by Crippen LogP contribution is -2.41. The van der Waals surface area contributed by atoms with E-state index in [1.165, 1.54) is 18.4 Å². The predicted octanol–water partition coefficient (Wildman–Crippen LogP) is 3.80. The van der Waals surface area contributed by atoms with Crippen molar-refractivity contribution in [2.24, 2.45) is 5.73 Å². The quantitative estimate of drug-likeness (QED) is 0.750. The van der Waals surface area contributed by atoms with E-state index in [1.54, 1.807) is 19.5 Å². The van der Waals surface area contributed by atoms with Gasteiger partial charge in [-0.05, 0) is 75.0 Å². The number of hydrogen-bond donors (Lipinski definition) is 2. The maximum atomic E-state index is 6.58. The molecule has 2 fully saturated rings. The summed E-state index contributed by atoms with van der Waals surface area (Å²) in [7, 11) is 1.70. The van der Waals surface area contributed by atoms with Gasteiger partial charge in [-0.2, -0.15) is 0 Å². The summed E-state index contributed by atoms with van der Waals surface area (Å²) in [5.41, 5.74) is 13.7. The van der Waals surface area contributed by atoms with Crippen LogP contribution in [0.25, 0.3) is 0 Å². The molecule has 1 aromatic heterocycles. The molecule has 6 heteroatoms. The van der Waals surface area contributed by atoms with Gasteiger partial charge < -0.3 is 20.9 Å². The minimum Gasteiger partial charge on any atom is -0.493 e. The highest BCUT2D eigenvalue weighted by Gasteiger charge is 2.31. The summed E-state index contributed by atoms with van der Waals surface area (Å²) in [6, 6.07) is 6.36. The van der Waals surface area contributed by atoms with Gasteiger partial charge in [0.25, 0.3) is 0 Å². The largest absolute Gasteiger partial charge is 0.493 e. The highest BCUT2D eigenvalue weighted by molar-refractivity contribution is 5.44. The second-order valence-electron chi connectivity index (χ2n) is 8.44. The Balaban J connectivity index is 1.42. The third-order valence-corrected chi connectivity index (χ3v) is 6.26. The highest BCUT2D eigenvalue weighted by atomic mass is 16.5. The number of rotatable bonds is 4.